The van der Waals surface area contributed by atoms with Gasteiger partial charge in [0.2, 0.25) is 0 Å². The highest BCUT2D eigenvalue weighted by atomic mass is 19.1. The van der Waals surface area contributed by atoms with Gasteiger partial charge in [0.05, 0.1) is 6.04 Å². The highest BCUT2D eigenvalue weighted by Crippen LogP contribution is 2.21. The maximum atomic E-state index is 13.5. The molecule has 0 saturated carbocycles. The molecule has 4 aromatic rings. The Morgan fingerprint density at radius 1 is 1.00 bits per heavy atom. The van der Waals surface area contributed by atoms with E-state index in [1.807, 2.05) is 37.3 Å². The van der Waals surface area contributed by atoms with E-state index in [1.165, 1.54) is 12.1 Å². The SMILES string of the molecule is CC(NC(=O)c1ccn2c(-c3cc(F)cc(F)c3)nnc2c1)c1ccccc1. The van der Waals surface area contributed by atoms with E-state index in [2.05, 4.69) is 15.5 Å². The Bertz CT molecular complexity index is 1140. The van der Waals surface area contributed by atoms with Gasteiger partial charge in [0.1, 0.15) is 11.6 Å². The molecule has 1 N–H and O–H groups in total. The van der Waals surface area contributed by atoms with E-state index in [0.717, 1.165) is 11.6 Å². The lowest BCUT2D eigenvalue weighted by Crippen LogP contribution is -2.26. The number of carbonyl (C=O) groups excluding carboxylic acids is 1. The van der Waals surface area contributed by atoms with E-state index in [-0.39, 0.29) is 23.3 Å². The number of benzene rings is 2. The second-order valence-corrected chi connectivity index (χ2v) is 6.43. The maximum Gasteiger partial charge on any atom is 0.251 e. The minimum absolute atomic E-state index is 0.159. The summed E-state index contributed by atoms with van der Waals surface area (Å²) >= 11 is 0. The van der Waals surface area contributed by atoms with Crippen molar-refractivity contribution in [1.29, 1.82) is 0 Å². The lowest BCUT2D eigenvalue weighted by molar-refractivity contribution is 0.0940. The number of hydrogen-bond acceptors (Lipinski definition) is 3. The second-order valence-electron chi connectivity index (χ2n) is 6.43. The largest absolute Gasteiger partial charge is 0.346 e. The maximum absolute atomic E-state index is 13.5. The van der Waals surface area contributed by atoms with Crippen molar-refractivity contribution in [2.24, 2.45) is 0 Å². The molecule has 4 rings (SSSR count). The fourth-order valence-corrected chi connectivity index (χ4v) is 3.02. The van der Waals surface area contributed by atoms with Crippen molar-refractivity contribution < 1.29 is 13.6 Å². The van der Waals surface area contributed by atoms with Crippen LogP contribution in [0.25, 0.3) is 17.0 Å². The summed E-state index contributed by atoms with van der Waals surface area (Å²) in [6.07, 6.45) is 1.61. The zero-order valence-electron chi connectivity index (χ0n) is 14.9. The Morgan fingerprint density at radius 3 is 2.43 bits per heavy atom. The molecule has 7 heteroatoms. The zero-order valence-corrected chi connectivity index (χ0v) is 14.9. The number of aromatic nitrogens is 3. The molecule has 1 amide bonds. The molecule has 2 aromatic carbocycles. The number of rotatable bonds is 4. The summed E-state index contributed by atoms with van der Waals surface area (Å²) in [6, 6.07) is 15.8. The molecule has 5 nitrogen and oxygen atoms in total. The third kappa shape index (κ3) is 3.46. The summed E-state index contributed by atoms with van der Waals surface area (Å²) in [5.41, 5.74) is 2.08. The summed E-state index contributed by atoms with van der Waals surface area (Å²) in [7, 11) is 0. The Kier molecular flexibility index (Phi) is 4.57. The highest BCUT2D eigenvalue weighted by Gasteiger charge is 2.15. The van der Waals surface area contributed by atoms with Crippen LogP contribution >= 0.6 is 0 Å². The normalized spacial score (nSPS) is 12.1. The van der Waals surface area contributed by atoms with Gasteiger partial charge in [-0.2, -0.15) is 0 Å². The first kappa shape index (κ1) is 17.8. The van der Waals surface area contributed by atoms with Crippen LogP contribution in [0.1, 0.15) is 28.9 Å². The van der Waals surface area contributed by atoms with Gasteiger partial charge < -0.3 is 5.32 Å². The number of nitrogens with one attached hydrogen (secondary N) is 1. The summed E-state index contributed by atoms with van der Waals surface area (Å²) in [4.78, 5) is 12.6. The van der Waals surface area contributed by atoms with E-state index in [9.17, 15) is 13.6 Å². The zero-order chi connectivity index (χ0) is 19.7. The summed E-state index contributed by atoms with van der Waals surface area (Å²) < 4.78 is 28.6. The monoisotopic (exact) mass is 378 g/mol. The van der Waals surface area contributed by atoms with E-state index in [1.54, 1.807) is 22.7 Å². The molecule has 0 fully saturated rings. The third-order valence-electron chi connectivity index (χ3n) is 4.44. The number of pyridine rings is 1. The lowest BCUT2D eigenvalue weighted by atomic mass is 10.1. The van der Waals surface area contributed by atoms with Crippen molar-refractivity contribution in [1.82, 2.24) is 19.9 Å². The van der Waals surface area contributed by atoms with Crippen molar-refractivity contribution in [2.45, 2.75) is 13.0 Å². The number of carbonyl (C=O) groups is 1. The molecule has 2 aromatic heterocycles. The van der Waals surface area contributed by atoms with Crippen LogP contribution in [-0.2, 0) is 0 Å². The quantitative estimate of drug-likeness (QED) is 0.580. The molecular formula is C21H16F2N4O. The van der Waals surface area contributed by atoms with Gasteiger partial charge in [0.15, 0.2) is 11.5 Å². The topological polar surface area (TPSA) is 59.3 Å². The minimum Gasteiger partial charge on any atom is -0.346 e. The van der Waals surface area contributed by atoms with E-state index < -0.39 is 11.6 Å². The molecule has 0 bridgehead atoms. The van der Waals surface area contributed by atoms with Crippen LogP contribution < -0.4 is 5.32 Å². The minimum atomic E-state index is -0.697. The van der Waals surface area contributed by atoms with Crippen LogP contribution in [0, 0.1) is 11.6 Å². The van der Waals surface area contributed by atoms with Gasteiger partial charge in [-0.1, -0.05) is 30.3 Å². The van der Waals surface area contributed by atoms with Crippen molar-refractivity contribution in [3.63, 3.8) is 0 Å². The first-order valence-corrected chi connectivity index (χ1v) is 8.68. The molecule has 0 radical (unpaired) electrons. The molecule has 0 aliphatic heterocycles. The van der Waals surface area contributed by atoms with Gasteiger partial charge in [0.25, 0.3) is 5.91 Å². The fraction of sp³-hybridized carbons (Fsp3) is 0.0952. The Morgan fingerprint density at radius 2 is 1.71 bits per heavy atom. The summed E-state index contributed by atoms with van der Waals surface area (Å²) in [6.45, 7) is 1.90. The molecule has 0 aliphatic rings. The fourth-order valence-electron chi connectivity index (χ4n) is 3.02. The van der Waals surface area contributed by atoms with Gasteiger partial charge in [-0.15, -0.1) is 10.2 Å². The van der Waals surface area contributed by atoms with Crippen LogP contribution in [0.3, 0.4) is 0 Å². The average Bonchev–Trinajstić information content (AvgIpc) is 3.11. The molecule has 0 saturated heterocycles. The first-order chi connectivity index (χ1) is 13.5. The molecule has 28 heavy (non-hydrogen) atoms. The van der Waals surface area contributed by atoms with Gasteiger partial charge in [-0.05, 0) is 36.8 Å². The van der Waals surface area contributed by atoms with Gasteiger partial charge in [-0.3, -0.25) is 9.20 Å². The molecule has 1 unspecified atom stereocenters. The molecule has 140 valence electrons. The van der Waals surface area contributed by atoms with E-state index in [4.69, 9.17) is 0 Å². The van der Waals surface area contributed by atoms with Crippen LogP contribution in [0.15, 0.2) is 66.9 Å². The number of halogens is 2. The Hall–Kier alpha value is -3.61. The van der Waals surface area contributed by atoms with Gasteiger partial charge in [-0.25, -0.2) is 8.78 Å². The molecule has 1 atom stereocenters. The van der Waals surface area contributed by atoms with Gasteiger partial charge in [0, 0.05) is 23.4 Å². The van der Waals surface area contributed by atoms with Gasteiger partial charge >= 0.3 is 0 Å². The summed E-state index contributed by atoms with van der Waals surface area (Å²) in [5, 5.41) is 11.0. The van der Waals surface area contributed by atoms with Crippen molar-refractivity contribution in [3.05, 3.63) is 89.6 Å². The van der Waals surface area contributed by atoms with Crippen molar-refractivity contribution in [3.8, 4) is 11.4 Å². The first-order valence-electron chi connectivity index (χ1n) is 8.68. The lowest BCUT2D eigenvalue weighted by Gasteiger charge is -2.14. The van der Waals surface area contributed by atoms with E-state index >= 15 is 0 Å². The Labute approximate surface area is 159 Å². The van der Waals surface area contributed by atoms with Crippen molar-refractivity contribution in [2.75, 3.05) is 0 Å². The second kappa shape index (κ2) is 7.19. The summed E-state index contributed by atoms with van der Waals surface area (Å²) in [5.74, 6) is -1.35. The van der Waals surface area contributed by atoms with Crippen LogP contribution in [-0.4, -0.2) is 20.5 Å². The smallest absolute Gasteiger partial charge is 0.251 e. The Balaban J connectivity index is 1.61. The molecule has 0 aliphatic carbocycles. The van der Waals surface area contributed by atoms with Crippen LogP contribution in [0.5, 0.6) is 0 Å². The molecule has 0 spiro atoms. The number of nitrogens with zero attached hydrogens (tertiary/aromatic N) is 3. The predicted octanol–water partition coefficient (Wildman–Crippen LogP) is 4.17. The van der Waals surface area contributed by atoms with Crippen molar-refractivity contribution >= 4 is 11.6 Å². The third-order valence-corrected chi connectivity index (χ3v) is 4.44. The molecule has 2 heterocycles. The van der Waals surface area contributed by atoms with Crippen LogP contribution in [0.4, 0.5) is 8.78 Å². The van der Waals surface area contributed by atoms with E-state index in [0.29, 0.717) is 11.2 Å². The number of fused-ring (bicyclic) bond motifs is 1. The average molecular weight is 378 g/mol. The van der Waals surface area contributed by atoms with Crippen LogP contribution in [0.2, 0.25) is 0 Å². The highest BCUT2D eigenvalue weighted by molar-refractivity contribution is 5.95. The number of amides is 1. The molecular weight excluding hydrogens is 362 g/mol. The predicted molar refractivity (Wildman–Crippen MR) is 101 cm³/mol. The number of hydrogen-bond donors (Lipinski definition) is 1. The standard InChI is InChI=1S/C21H16F2N4O/c1-13(14-5-3-2-4-6-14)24-21(28)15-7-8-27-19(11-15)25-26-20(27)16-9-17(22)12-18(23)10-16/h2-13H,1H3,(H,24,28).